The van der Waals surface area contributed by atoms with E-state index in [1.54, 1.807) is 5.57 Å². The highest BCUT2D eigenvalue weighted by molar-refractivity contribution is 5.26. The van der Waals surface area contributed by atoms with Crippen molar-refractivity contribution in [2.75, 3.05) is 0 Å². The summed E-state index contributed by atoms with van der Waals surface area (Å²) in [4.78, 5) is 0. The van der Waals surface area contributed by atoms with Gasteiger partial charge in [-0.05, 0) is 61.2 Å². The molecule has 0 N–H and O–H groups in total. The van der Waals surface area contributed by atoms with Gasteiger partial charge in [0.15, 0.2) is 0 Å². The molecule has 112 valence electrons. The molecule has 0 spiro atoms. The summed E-state index contributed by atoms with van der Waals surface area (Å²) >= 11 is 0. The van der Waals surface area contributed by atoms with Crippen LogP contribution in [0.2, 0.25) is 0 Å². The van der Waals surface area contributed by atoms with Crippen LogP contribution in [0.25, 0.3) is 0 Å². The summed E-state index contributed by atoms with van der Waals surface area (Å²) in [5.74, 6) is 1.79. The average Bonchev–Trinajstić information content (AvgIpc) is 2.37. The molecule has 0 bridgehead atoms. The predicted octanol–water partition coefficient (Wildman–Crippen LogP) is 6.14. The highest BCUT2D eigenvalue weighted by atomic mass is 14.6. The summed E-state index contributed by atoms with van der Waals surface area (Å²) < 4.78 is 0. The van der Waals surface area contributed by atoms with Crippen LogP contribution in [0.15, 0.2) is 24.3 Å². The molecule has 3 aliphatic rings. The maximum absolute atomic E-state index is 4.07. The lowest BCUT2D eigenvalue weighted by Gasteiger charge is -2.59. The molecule has 4 atom stereocenters. The van der Waals surface area contributed by atoms with Crippen molar-refractivity contribution in [1.82, 2.24) is 0 Å². The summed E-state index contributed by atoms with van der Waals surface area (Å²) in [5.41, 5.74) is 3.15. The summed E-state index contributed by atoms with van der Waals surface area (Å²) in [7, 11) is 0. The van der Waals surface area contributed by atoms with Gasteiger partial charge in [0.25, 0.3) is 0 Å². The van der Waals surface area contributed by atoms with E-state index in [-0.39, 0.29) is 5.41 Å². The second-order valence-electron chi connectivity index (χ2n) is 8.96. The third-order valence-electron chi connectivity index (χ3n) is 7.19. The van der Waals surface area contributed by atoms with Crippen LogP contribution in [-0.2, 0) is 0 Å². The quantitative estimate of drug-likeness (QED) is 0.503. The lowest BCUT2D eigenvalue weighted by molar-refractivity contribution is -0.0587. The van der Waals surface area contributed by atoms with Crippen LogP contribution < -0.4 is 0 Å². The monoisotopic (exact) mass is 272 g/mol. The molecular weight excluding hydrogens is 240 g/mol. The van der Waals surface area contributed by atoms with Crippen molar-refractivity contribution >= 4 is 0 Å². The summed E-state index contributed by atoms with van der Waals surface area (Å²) in [5, 5.41) is 0. The van der Waals surface area contributed by atoms with Gasteiger partial charge in [0.05, 0.1) is 0 Å². The van der Waals surface area contributed by atoms with E-state index < -0.39 is 0 Å². The minimum Gasteiger partial charge on any atom is -0.102 e. The van der Waals surface area contributed by atoms with Crippen LogP contribution >= 0.6 is 0 Å². The Labute approximate surface area is 125 Å². The van der Waals surface area contributed by atoms with E-state index in [0.29, 0.717) is 10.8 Å². The summed E-state index contributed by atoms with van der Waals surface area (Å²) in [6, 6.07) is 0. The molecule has 0 radical (unpaired) electrons. The van der Waals surface area contributed by atoms with Gasteiger partial charge < -0.3 is 0 Å². The largest absolute Gasteiger partial charge is 0.102 e. The maximum Gasteiger partial charge on any atom is 0.00330 e. The molecule has 3 aliphatic carbocycles. The normalized spacial score (nSPS) is 46.9. The van der Waals surface area contributed by atoms with Crippen LogP contribution in [0.1, 0.15) is 72.6 Å². The van der Waals surface area contributed by atoms with Gasteiger partial charge in [-0.3, -0.25) is 0 Å². The van der Waals surface area contributed by atoms with Crippen molar-refractivity contribution < 1.29 is 0 Å². The Morgan fingerprint density at radius 1 is 1.10 bits per heavy atom. The van der Waals surface area contributed by atoms with Crippen LogP contribution in [0.5, 0.6) is 0 Å². The van der Waals surface area contributed by atoms with Gasteiger partial charge in [-0.2, -0.15) is 0 Å². The highest BCUT2D eigenvalue weighted by Gasteiger charge is 2.54. The van der Waals surface area contributed by atoms with Crippen LogP contribution in [-0.4, -0.2) is 0 Å². The number of hydrogen-bond donors (Lipinski definition) is 0. The minimum atomic E-state index is 0.263. The zero-order chi connectivity index (χ0) is 14.6. The van der Waals surface area contributed by atoms with Crippen molar-refractivity contribution in [3.8, 4) is 0 Å². The Kier molecular flexibility index (Phi) is 3.23. The fourth-order valence-corrected chi connectivity index (χ4v) is 6.01. The number of rotatable bonds is 1. The minimum absolute atomic E-state index is 0.263. The zero-order valence-electron chi connectivity index (χ0n) is 14.0. The van der Waals surface area contributed by atoms with Crippen molar-refractivity contribution in [1.29, 1.82) is 0 Å². The fraction of sp³-hybridized carbons (Fsp3) is 0.800. The maximum atomic E-state index is 4.07. The molecule has 0 nitrogen and oxygen atoms in total. The SMILES string of the molecule is C=C[C@@]1(C)C=C2CCC3C(C)(C)CCC[C@]3(C)C2CC1. The van der Waals surface area contributed by atoms with Crippen molar-refractivity contribution in [2.24, 2.45) is 28.1 Å². The van der Waals surface area contributed by atoms with E-state index in [0.717, 1.165) is 11.8 Å². The van der Waals surface area contributed by atoms with Crippen LogP contribution in [0, 0.1) is 28.1 Å². The fourth-order valence-electron chi connectivity index (χ4n) is 6.01. The molecule has 0 aromatic rings. The van der Waals surface area contributed by atoms with Crippen molar-refractivity contribution in [3.63, 3.8) is 0 Å². The van der Waals surface area contributed by atoms with E-state index >= 15 is 0 Å². The first kappa shape index (κ1) is 14.4. The molecule has 0 saturated heterocycles. The Balaban J connectivity index is 1.97. The topological polar surface area (TPSA) is 0 Å². The molecule has 2 saturated carbocycles. The third kappa shape index (κ3) is 2.02. The first-order chi connectivity index (χ1) is 9.31. The van der Waals surface area contributed by atoms with Gasteiger partial charge in [-0.25, -0.2) is 0 Å². The van der Waals surface area contributed by atoms with Gasteiger partial charge in [-0.1, -0.05) is 51.8 Å². The van der Waals surface area contributed by atoms with Crippen molar-refractivity contribution in [3.05, 3.63) is 24.3 Å². The lowest BCUT2D eigenvalue weighted by Crippen LogP contribution is -2.50. The van der Waals surface area contributed by atoms with Crippen LogP contribution in [0.3, 0.4) is 0 Å². The summed E-state index contributed by atoms with van der Waals surface area (Å²) in [6.07, 6.45) is 14.5. The molecule has 20 heavy (non-hydrogen) atoms. The smallest absolute Gasteiger partial charge is 0.00330 e. The molecule has 0 amide bonds. The van der Waals surface area contributed by atoms with Gasteiger partial charge in [0.2, 0.25) is 0 Å². The van der Waals surface area contributed by atoms with Gasteiger partial charge >= 0.3 is 0 Å². The Morgan fingerprint density at radius 3 is 2.55 bits per heavy atom. The Hall–Kier alpha value is -0.520. The number of hydrogen-bond acceptors (Lipinski definition) is 0. The molecular formula is C20H32. The first-order valence-electron chi connectivity index (χ1n) is 8.66. The second kappa shape index (κ2) is 4.49. The van der Waals surface area contributed by atoms with E-state index in [1.165, 1.54) is 44.9 Å². The van der Waals surface area contributed by atoms with E-state index in [2.05, 4.69) is 46.4 Å². The number of allylic oxidation sites excluding steroid dienone is 3. The molecule has 0 heterocycles. The Bertz CT molecular complexity index is 441. The highest BCUT2D eigenvalue weighted by Crippen LogP contribution is 2.63. The van der Waals surface area contributed by atoms with Gasteiger partial charge in [0.1, 0.15) is 0 Å². The summed E-state index contributed by atoms with van der Waals surface area (Å²) in [6.45, 7) is 14.1. The average molecular weight is 272 g/mol. The molecule has 0 aromatic heterocycles. The van der Waals surface area contributed by atoms with Crippen molar-refractivity contribution in [2.45, 2.75) is 72.6 Å². The zero-order valence-corrected chi connectivity index (χ0v) is 14.0. The molecule has 0 aromatic carbocycles. The third-order valence-corrected chi connectivity index (χ3v) is 7.19. The second-order valence-corrected chi connectivity index (χ2v) is 8.96. The molecule has 2 fully saturated rings. The molecule has 0 aliphatic heterocycles. The van der Waals surface area contributed by atoms with Gasteiger partial charge in [-0.15, -0.1) is 6.58 Å². The van der Waals surface area contributed by atoms with Gasteiger partial charge in [0, 0.05) is 5.41 Å². The molecule has 3 rings (SSSR count). The first-order valence-corrected chi connectivity index (χ1v) is 8.66. The molecule has 0 heteroatoms. The Morgan fingerprint density at radius 2 is 1.85 bits per heavy atom. The van der Waals surface area contributed by atoms with Crippen LogP contribution in [0.4, 0.5) is 0 Å². The predicted molar refractivity (Wildman–Crippen MR) is 87.6 cm³/mol. The lowest BCUT2D eigenvalue weighted by atomic mass is 9.45. The number of fused-ring (bicyclic) bond motifs is 3. The molecule has 2 unspecified atom stereocenters. The van der Waals surface area contributed by atoms with E-state index in [1.807, 2.05) is 0 Å². The standard InChI is InChI=1S/C20H32/c1-6-19(4)13-10-16-15(14-19)8-9-17-18(2,3)11-7-12-20(16,17)5/h6,14,16-17H,1,7-13H2,2-5H3/t16?,17?,19-,20-/m1/s1. The van der Waals surface area contributed by atoms with E-state index in [9.17, 15) is 0 Å². The van der Waals surface area contributed by atoms with E-state index in [4.69, 9.17) is 0 Å².